The van der Waals surface area contributed by atoms with Crippen LogP contribution in [0.3, 0.4) is 0 Å². The molecule has 0 aliphatic heterocycles. The molecule has 2 aromatic carbocycles. The van der Waals surface area contributed by atoms with Crippen LogP contribution < -0.4 is 35.4 Å². The van der Waals surface area contributed by atoms with E-state index in [4.69, 9.17) is 36.9 Å². The van der Waals surface area contributed by atoms with Crippen molar-refractivity contribution in [1.82, 2.24) is 5.43 Å². The van der Waals surface area contributed by atoms with Crippen molar-refractivity contribution in [3.63, 3.8) is 0 Å². The Morgan fingerprint density at radius 3 is 2.24 bits per heavy atom. The molecule has 154 valence electrons. The van der Waals surface area contributed by atoms with Gasteiger partial charge in [-0.2, -0.15) is 5.10 Å². The molecule has 0 atom stereocenters. The number of amides is 1. The predicted octanol–water partition coefficient (Wildman–Crippen LogP) is 1.90. The number of nitrogens with two attached hydrogens (primary N) is 1. The summed E-state index contributed by atoms with van der Waals surface area (Å²) in [5, 5.41) is 7.41. The number of primary amides is 1. The SMILES string of the molecule is COc1ccc(NC(=S)N/N=C\c2cc(OC)c(OCC(N)=O)c(OC)c2)cc1. The summed E-state index contributed by atoms with van der Waals surface area (Å²) in [6, 6.07) is 10.6. The molecule has 2 rings (SSSR count). The number of methoxy groups -OCH3 is 3. The van der Waals surface area contributed by atoms with Gasteiger partial charge in [-0.1, -0.05) is 0 Å². The maximum atomic E-state index is 11.0. The van der Waals surface area contributed by atoms with E-state index in [0.717, 1.165) is 11.4 Å². The van der Waals surface area contributed by atoms with E-state index in [9.17, 15) is 4.79 Å². The predicted molar refractivity (Wildman–Crippen MR) is 114 cm³/mol. The van der Waals surface area contributed by atoms with Gasteiger partial charge in [0.25, 0.3) is 5.91 Å². The van der Waals surface area contributed by atoms with Gasteiger partial charge in [0.1, 0.15) is 5.75 Å². The van der Waals surface area contributed by atoms with Crippen molar-refractivity contribution in [3.8, 4) is 23.0 Å². The molecule has 0 aliphatic rings. The van der Waals surface area contributed by atoms with Crippen LogP contribution in [0, 0.1) is 0 Å². The number of nitrogens with zero attached hydrogens (tertiary/aromatic N) is 1. The molecule has 0 spiro atoms. The zero-order valence-electron chi connectivity index (χ0n) is 16.2. The molecule has 0 bridgehead atoms. The van der Waals surface area contributed by atoms with Gasteiger partial charge in [-0.05, 0) is 48.6 Å². The van der Waals surface area contributed by atoms with Crippen molar-refractivity contribution in [1.29, 1.82) is 0 Å². The second-order valence-corrected chi connectivity index (χ2v) is 5.97. The fourth-order valence-corrected chi connectivity index (χ4v) is 2.43. The quantitative estimate of drug-likeness (QED) is 0.321. The van der Waals surface area contributed by atoms with Gasteiger partial charge in [-0.3, -0.25) is 10.2 Å². The third-order valence-corrected chi connectivity index (χ3v) is 3.76. The van der Waals surface area contributed by atoms with Crippen molar-refractivity contribution >= 4 is 35.1 Å². The van der Waals surface area contributed by atoms with Crippen LogP contribution in [-0.4, -0.2) is 45.2 Å². The smallest absolute Gasteiger partial charge is 0.255 e. The summed E-state index contributed by atoms with van der Waals surface area (Å²) >= 11 is 5.21. The lowest BCUT2D eigenvalue weighted by Crippen LogP contribution is -2.23. The molecule has 1 amide bonds. The van der Waals surface area contributed by atoms with Gasteiger partial charge in [0, 0.05) is 11.3 Å². The van der Waals surface area contributed by atoms with E-state index in [-0.39, 0.29) is 12.4 Å². The Hall–Kier alpha value is -3.53. The monoisotopic (exact) mass is 418 g/mol. The lowest BCUT2D eigenvalue weighted by Gasteiger charge is -2.14. The highest BCUT2D eigenvalue weighted by Crippen LogP contribution is 2.38. The minimum atomic E-state index is -0.609. The molecule has 29 heavy (non-hydrogen) atoms. The van der Waals surface area contributed by atoms with Crippen LogP contribution in [-0.2, 0) is 4.79 Å². The van der Waals surface area contributed by atoms with Gasteiger partial charge in [-0.25, -0.2) is 0 Å². The Bertz CT molecular complexity index is 862. The lowest BCUT2D eigenvalue weighted by molar-refractivity contribution is -0.120. The molecule has 0 aromatic heterocycles. The molecule has 2 aromatic rings. The first-order chi connectivity index (χ1) is 14.0. The molecule has 9 nitrogen and oxygen atoms in total. The van der Waals surface area contributed by atoms with E-state index in [1.165, 1.54) is 20.4 Å². The lowest BCUT2D eigenvalue weighted by atomic mass is 10.2. The van der Waals surface area contributed by atoms with E-state index < -0.39 is 5.91 Å². The average molecular weight is 418 g/mol. The second-order valence-electron chi connectivity index (χ2n) is 5.56. The summed E-state index contributed by atoms with van der Waals surface area (Å²) in [6.45, 7) is -0.299. The molecule has 0 radical (unpaired) electrons. The number of hydrazone groups is 1. The van der Waals surface area contributed by atoms with Gasteiger partial charge in [0.05, 0.1) is 27.5 Å². The number of nitrogens with one attached hydrogen (secondary N) is 2. The summed E-state index contributed by atoms with van der Waals surface area (Å²) in [5.41, 5.74) is 9.29. The minimum Gasteiger partial charge on any atom is -0.497 e. The molecule has 0 aliphatic carbocycles. The summed E-state index contributed by atoms with van der Waals surface area (Å²) in [4.78, 5) is 11.0. The maximum Gasteiger partial charge on any atom is 0.255 e. The van der Waals surface area contributed by atoms with Crippen molar-refractivity contribution < 1.29 is 23.7 Å². The highest BCUT2D eigenvalue weighted by molar-refractivity contribution is 7.80. The highest BCUT2D eigenvalue weighted by Gasteiger charge is 2.14. The van der Waals surface area contributed by atoms with Crippen LogP contribution in [0.25, 0.3) is 0 Å². The first kappa shape index (κ1) is 21.8. The number of ether oxygens (including phenoxy) is 4. The van der Waals surface area contributed by atoms with Crippen molar-refractivity contribution in [2.75, 3.05) is 33.3 Å². The Morgan fingerprint density at radius 1 is 1.10 bits per heavy atom. The number of carbonyl (C=O) groups excluding carboxylic acids is 1. The van der Waals surface area contributed by atoms with Crippen LogP contribution in [0.4, 0.5) is 5.69 Å². The van der Waals surface area contributed by atoms with E-state index in [2.05, 4.69) is 15.8 Å². The van der Waals surface area contributed by atoms with E-state index in [1.54, 1.807) is 19.2 Å². The van der Waals surface area contributed by atoms with Gasteiger partial charge >= 0.3 is 0 Å². The van der Waals surface area contributed by atoms with Gasteiger partial charge < -0.3 is 30.0 Å². The van der Waals surface area contributed by atoms with Gasteiger partial charge in [0.15, 0.2) is 23.2 Å². The Morgan fingerprint density at radius 2 is 1.72 bits per heavy atom. The summed E-state index contributed by atoms with van der Waals surface area (Å²) < 4.78 is 21.1. The molecule has 0 saturated heterocycles. The summed E-state index contributed by atoms with van der Waals surface area (Å²) in [6.07, 6.45) is 1.53. The topological polar surface area (TPSA) is 116 Å². The minimum absolute atomic E-state index is 0.274. The van der Waals surface area contributed by atoms with Crippen molar-refractivity contribution in [2.24, 2.45) is 10.8 Å². The Labute approximate surface area is 173 Å². The number of anilines is 1. The van der Waals surface area contributed by atoms with Crippen molar-refractivity contribution in [3.05, 3.63) is 42.0 Å². The first-order valence-corrected chi connectivity index (χ1v) is 8.79. The number of rotatable bonds is 9. The number of benzene rings is 2. The van der Waals surface area contributed by atoms with Crippen LogP contribution in [0.5, 0.6) is 23.0 Å². The zero-order valence-corrected chi connectivity index (χ0v) is 17.0. The van der Waals surface area contributed by atoms with E-state index in [1.807, 2.05) is 24.3 Å². The number of hydrogen-bond acceptors (Lipinski definition) is 7. The molecular weight excluding hydrogens is 396 g/mol. The number of thiocarbonyl (C=S) groups is 1. The van der Waals surface area contributed by atoms with Gasteiger partial charge in [-0.15, -0.1) is 0 Å². The largest absolute Gasteiger partial charge is 0.497 e. The summed E-state index contributed by atoms with van der Waals surface area (Å²) in [5.74, 6) is 1.15. The average Bonchev–Trinajstić information content (AvgIpc) is 2.72. The molecule has 0 heterocycles. The Balaban J connectivity index is 2.04. The number of hydrogen-bond donors (Lipinski definition) is 3. The zero-order chi connectivity index (χ0) is 21.2. The normalized spacial score (nSPS) is 10.3. The molecule has 0 unspecified atom stereocenters. The fourth-order valence-electron chi connectivity index (χ4n) is 2.26. The molecule has 10 heteroatoms. The number of carbonyl (C=O) groups is 1. The summed E-state index contributed by atoms with van der Waals surface area (Å²) in [7, 11) is 4.54. The molecule has 0 fully saturated rings. The second kappa shape index (κ2) is 10.7. The van der Waals surface area contributed by atoms with E-state index in [0.29, 0.717) is 22.2 Å². The Kier molecular flexibility index (Phi) is 8.04. The first-order valence-electron chi connectivity index (χ1n) is 8.38. The van der Waals surface area contributed by atoms with Crippen LogP contribution in [0.15, 0.2) is 41.5 Å². The fraction of sp³-hybridized carbons (Fsp3) is 0.211. The van der Waals surface area contributed by atoms with Gasteiger partial charge in [0.2, 0.25) is 5.75 Å². The van der Waals surface area contributed by atoms with Crippen LogP contribution >= 0.6 is 12.2 Å². The maximum absolute atomic E-state index is 11.0. The molecular formula is C19H22N4O5S. The third kappa shape index (κ3) is 6.54. The molecule has 0 saturated carbocycles. The third-order valence-electron chi connectivity index (χ3n) is 3.57. The molecule has 4 N–H and O–H groups in total. The van der Waals surface area contributed by atoms with E-state index >= 15 is 0 Å². The van der Waals surface area contributed by atoms with Crippen molar-refractivity contribution in [2.45, 2.75) is 0 Å². The highest BCUT2D eigenvalue weighted by atomic mass is 32.1. The standard InChI is InChI=1S/C19H22N4O5S/c1-25-14-6-4-13(5-7-14)22-19(29)23-21-10-12-8-15(26-2)18(16(9-12)27-3)28-11-17(20)24/h4-10H,11H2,1-3H3,(H2,20,24)(H2,22,23,29)/b21-10-. The van der Waals surface area contributed by atoms with Crippen LogP contribution in [0.2, 0.25) is 0 Å². The van der Waals surface area contributed by atoms with Crippen LogP contribution in [0.1, 0.15) is 5.56 Å².